The van der Waals surface area contributed by atoms with Crippen LogP contribution in [0.4, 0.5) is 0 Å². The molecule has 4 nitrogen and oxygen atoms in total. The maximum Gasteiger partial charge on any atom is 0.242 e. The van der Waals surface area contributed by atoms with Crippen molar-refractivity contribution in [3.63, 3.8) is 0 Å². The van der Waals surface area contributed by atoms with Gasteiger partial charge in [-0.2, -0.15) is 0 Å². The van der Waals surface area contributed by atoms with E-state index >= 15 is 0 Å². The summed E-state index contributed by atoms with van der Waals surface area (Å²) in [6.07, 6.45) is 0.840. The molecule has 0 radical (unpaired) electrons. The smallest absolute Gasteiger partial charge is 0.242 e. The van der Waals surface area contributed by atoms with E-state index in [9.17, 15) is 9.90 Å². The van der Waals surface area contributed by atoms with Gasteiger partial charge in [0, 0.05) is 24.3 Å². The van der Waals surface area contributed by atoms with Gasteiger partial charge in [-0.1, -0.05) is 24.3 Å². The molecule has 1 N–H and O–H groups in total. The normalized spacial score (nSPS) is 14.0. The lowest BCUT2D eigenvalue weighted by Gasteiger charge is -2.29. The number of amides is 1. The Morgan fingerprint density at radius 2 is 1.96 bits per heavy atom. The Morgan fingerprint density at radius 1 is 1.12 bits per heavy atom. The second-order valence-corrected chi connectivity index (χ2v) is 6.45. The number of carbonyl (C=O) groups is 1. The highest BCUT2D eigenvalue weighted by Crippen LogP contribution is 2.24. The number of benzene rings is 2. The quantitative estimate of drug-likeness (QED) is 0.788. The average Bonchev–Trinajstić information content (AvgIpc) is 2.90. The monoisotopic (exact) mass is 320 g/mol. The maximum absolute atomic E-state index is 12.8. The summed E-state index contributed by atoms with van der Waals surface area (Å²) in [6.45, 7) is 3.69. The second-order valence-electron chi connectivity index (χ2n) is 6.45. The van der Waals surface area contributed by atoms with E-state index in [1.165, 1.54) is 5.56 Å². The zero-order valence-electron chi connectivity index (χ0n) is 13.7. The van der Waals surface area contributed by atoms with Crippen LogP contribution in [-0.2, 0) is 24.3 Å². The molecular weight excluding hydrogens is 300 g/mol. The number of hydrogen-bond donors (Lipinski definition) is 1. The first-order chi connectivity index (χ1) is 11.6. The Balaban J connectivity index is 1.57. The number of hydrogen-bond acceptors (Lipinski definition) is 2. The molecule has 1 aliphatic heterocycles. The number of phenols is 1. The maximum atomic E-state index is 12.8. The molecule has 0 unspecified atom stereocenters. The summed E-state index contributed by atoms with van der Waals surface area (Å²) in [7, 11) is 0. The van der Waals surface area contributed by atoms with E-state index in [0.29, 0.717) is 13.1 Å². The molecule has 0 saturated carbocycles. The fraction of sp³-hybridized carbons (Fsp3) is 0.250. The van der Waals surface area contributed by atoms with Crippen molar-refractivity contribution >= 4 is 16.8 Å². The summed E-state index contributed by atoms with van der Waals surface area (Å²) in [4.78, 5) is 14.7. The van der Waals surface area contributed by atoms with Crippen molar-refractivity contribution < 1.29 is 9.90 Å². The standard InChI is InChI=1S/C20H20N2O2/c1-14-10-16-4-2-3-5-19(16)22(14)13-20(24)21-9-8-15-6-7-18(23)11-17(15)12-21/h2-7,10-11,23H,8-9,12-13H2,1H3. The summed E-state index contributed by atoms with van der Waals surface area (Å²) in [5.74, 6) is 0.378. The Bertz CT molecular complexity index is 927. The van der Waals surface area contributed by atoms with E-state index in [0.717, 1.165) is 35.1 Å². The molecule has 2 heterocycles. The molecule has 1 amide bonds. The number of aryl methyl sites for hydroxylation is 1. The summed E-state index contributed by atoms with van der Waals surface area (Å²) < 4.78 is 2.08. The first-order valence-corrected chi connectivity index (χ1v) is 8.25. The summed E-state index contributed by atoms with van der Waals surface area (Å²) in [6, 6.07) is 15.7. The molecule has 24 heavy (non-hydrogen) atoms. The van der Waals surface area contributed by atoms with Crippen molar-refractivity contribution in [1.82, 2.24) is 9.47 Å². The van der Waals surface area contributed by atoms with Gasteiger partial charge in [-0.15, -0.1) is 0 Å². The number of aromatic hydroxyl groups is 1. The Morgan fingerprint density at radius 3 is 2.83 bits per heavy atom. The van der Waals surface area contributed by atoms with Crippen LogP contribution in [0, 0.1) is 6.92 Å². The lowest BCUT2D eigenvalue weighted by molar-refractivity contribution is -0.132. The largest absolute Gasteiger partial charge is 0.508 e. The van der Waals surface area contributed by atoms with Gasteiger partial charge in [0.1, 0.15) is 12.3 Å². The molecule has 0 fully saturated rings. The van der Waals surface area contributed by atoms with Crippen LogP contribution in [0.25, 0.3) is 10.9 Å². The number of fused-ring (bicyclic) bond motifs is 2. The van der Waals surface area contributed by atoms with Gasteiger partial charge in [-0.25, -0.2) is 0 Å². The van der Waals surface area contributed by atoms with Crippen molar-refractivity contribution in [2.45, 2.75) is 26.4 Å². The molecule has 0 saturated heterocycles. The number of aromatic nitrogens is 1. The first-order valence-electron chi connectivity index (χ1n) is 8.25. The Kier molecular flexibility index (Phi) is 3.53. The highest BCUT2D eigenvalue weighted by Gasteiger charge is 2.22. The van der Waals surface area contributed by atoms with Gasteiger partial charge in [0.2, 0.25) is 5.91 Å². The molecule has 0 aliphatic carbocycles. The van der Waals surface area contributed by atoms with Gasteiger partial charge in [0.25, 0.3) is 0 Å². The van der Waals surface area contributed by atoms with Gasteiger partial charge >= 0.3 is 0 Å². The summed E-state index contributed by atoms with van der Waals surface area (Å²) >= 11 is 0. The van der Waals surface area contributed by atoms with Crippen LogP contribution in [0.2, 0.25) is 0 Å². The Hall–Kier alpha value is -2.75. The molecule has 0 spiro atoms. The molecule has 0 atom stereocenters. The van der Waals surface area contributed by atoms with E-state index in [-0.39, 0.29) is 11.7 Å². The van der Waals surface area contributed by atoms with E-state index in [1.807, 2.05) is 30.0 Å². The molecule has 0 bridgehead atoms. The Labute approximate surface area is 140 Å². The number of para-hydroxylation sites is 1. The summed E-state index contributed by atoms with van der Waals surface area (Å²) in [5.41, 5.74) is 4.46. The topological polar surface area (TPSA) is 45.5 Å². The van der Waals surface area contributed by atoms with E-state index < -0.39 is 0 Å². The predicted molar refractivity (Wildman–Crippen MR) is 93.9 cm³/mol. The van der Waals surface area contributed by atoms with E-state index in [4.69, 9.17) is 0 Å². The van der Waals surface area contributed by atoms with Gasteiger partial charge < -0.3 is 14.6 Å². The third-order valence-electron chi connectivity index (χ3n) is 4.87. The van der Waals surface area contributed by atoms with Crippen LogP contribution in [0.1, 0.15) is 16.8 Å². The first kappa shape index (κ1) is 14.8. The predicted octanol–water partition coefficient (Wildman–Crippen LogP) is 3.24. The van der Waals surface area contributed by atoms with Crippen molar-refractivity contribution in [3.8, 4) is 5.75 Å². The van der Waals surface area contributed by atoms with Crippen LogP contribution >= 0.6 is 0 Å². The van der Waals surface area contributed by atoms with Gasteiger partial charge in [0.15, 0.2) is 0 Å². The van der Waals surface area contributed by atoms with Crippen molar-refractivity contribution in [2.24, 2.45) is 0 Å². The van der Waals surface area contributed by atoms with Crippen molar-refractivity contribution in [3.05, 3.63) is 65.4 Å². The van der Waals surface area contributed by atoms with Crippen molar-refractivity contribution in [1.29, 1.82) is 0 Å². The fourth-order valence-electron chi connectivity index (χ4n) is 3.55. The number of phenolic OH excluding ortho intramolecular Hbond substituents is 1. The third kappa shape index (κ3) is 2.54. The van der Waals surface area contributed by atoms with E-state index in [2.05, 4.69) is 22.8 Å². The third-order valence-corrected chi connectivity index (χ3v) is 4.87. The zero-order chi connectivity index (χ0) is 16.7. The van der Waals surface area contributed by atoms with Crippen LogP contribution in [0.3, 0.4) is 0 Å². The highest BCUT2D eigenvalue weighted by atomic mass is 16.3. The lowest BCUT2D eigenvalue weighted by atomic mass is 9.99. The fourth-order valence-corrected chi connectivity index (χ4v) is 3.55. The van der Waals surface area contributed by atoms with Gasteiger partial charge in [-0.3, -0.25) is 4.79 Å². The SMILES string of the molecule is Cc1cc2ccccc2n1CC(=O)N1CCc2ccc(O)cc2C1. The molecule has 1 aliphatic rings. The molecule has 122 valence electrons. The molecular formula is C20H20N2O2. The minimum absolute atomic E-state index is 0.119. The molecule has 2 aromatic carbocycles. The zero-order valence-corrected chi connectivity index (χ0v) is 13.7. The van der Waals surface area contributed by atoms with Crippen LogP contribution in [0.5, 0.6) is 5.75 Å². The van der Waals surface area contributed by atoms with Gasteiger partial charge in [-0.05, 0) is 54.1 Å². The van der Waals surface area contributed by atoms with Crippen LogP contribution in [-0.4, -0.2) is 27.0 Å². The summed E-state index contributed by atoms with van der Waals surface area (Å²) in [5, 5.41) is 10.8. The highest BCUT2D eigenvalue weighted by molar-refractivity contribution is 5.84. The van der Waals surface area contributed by atoms with Crippen LogP contribution in [0.15, 0.2) is 48.5 Å². The number of nitrogens with zero attached hydrogens (tertiary/aromatic N) is 2. The molecule has 3 aromatic rings. The van der Waals surface area contributed by atoms with E-state index in [1.54, 1.807) is 12.1 Å². The van der Waals surface area contributed by atoms with Crippen molar-refractivity contribution in [2.75, 3.05) is 6.54 Å². The minimum atomic E-state index is 0.119. The van der Waals surface area contributed by atoms with Crippen LogP contribution < -0.4 is 0 Å². The number of carbonyl (C=O) groups excluding carboxylic acids is 1. The molecule has 1 aromatic heterocycles. The lowest BCUT2D eigenvalue weighted by Crippen LogP contribution is -2.38. The molecule has 4 rings (SSSR count). The van der Waals surface area contributed by atoms with Gasteiger partial charge in [0.05, 0.1) is 0 Å². The molecule has 4 heteroatoms. The average molecular weight is 320 g/mol. The second kappa shape index (κ2) is 5.71. The number of rotatable bonds is 2. The minimum Gasteiger partial charge on any atom is -0.508 e.